The molecule has 176 valence electrons. The normalized spacial score (nSPS) is 11.1. The third-order valence-electron chi connectivity index (χ3n) is 5.63. The number of fused-ring (bicyclic) bond motifs is 1. The highest BCUT2D eigenvalue weighted by Crippen LogP contribution is 2.29. The second-order valence-corrected chi connectivity index (χ2v) is 8.90. The first-order valence-corrected chi connectivity index (χ1v) is 11.7. The predicted octanol–water partition coefficient (Wildman–Crippen LogP) is 6.47. The van der Waals surface area contributed by atoms with E-state index in [2.05, 4.69) is 4.98 Å². The number of aryl methyl sites for hydroxylation is 3. The summed E-state index contributed by atoms with van der Waals surface area (Å²) in [6.07, 6.45) is 1.58. The standard InChI is InChI=1S/C26H25Cl2N3O3/c1-5-33-26(32)24-15(2)7-6-8-18(24)14-34-20-9-16(3)25-23(11-20)31(17(4)30-25)13-22-21(28)10-19(27)12-29-22/h6-12H,5,13-14H2,1-4H3. The molecule has 8 heteroatoms. The summed E-state index contributed by atoms with van der Waals surface area (Å²) in [7, 11) is 0. The molecule has 0 N–H and O–H groups in total. The number of imidazole rings is 1. The number of carbonyl (C=O) groups is 1. The van der Waals surface area contributed by atoms with Gasteiger partial charge in [0.15, 0.2) is 0 Å². The first kappa shape index (κ1) is 24.0. The van der Waals surface area contributed by atoms with E-state index in [1.807, 2.05) is 55.7 Å². The van der Waals surface area contributed by atoms with Crippen LogP contribution in [0.15, 0.2) is 42.6 Å². The highest BCUT2D eigenvalue weighted by Gasteiger charge is 2.17. The summed E-state index contributed by atoms with van der Waals surface area (Å²) >= 11 is 12.4. The van der Waals surface area contributed by atoms with Crippen molar-refractivity contribution >= 4 is 40.2 Å². The molecule has 0 saturated heterocycles. The highest BCUT2D eigenvalue weighted by atomic mass is 35.5. The summed E-state index contributed by atoms with van der Waals surface area (Å²) < 4.78 is 13.4. The Morgan fingerprint density at radius 1 is 1.09 bits per heavy atom. The minimum absolute atomic E-state index is 0.235. The largest absolute Gasteiger partial charge is 0.489 e. The van der Waals surface area contributed by atoms with Gasteiger partial charge in [-0.2, -0.15) is 0 Å². The van der Waals surface area contributed by atoms with Crippen molar-refractivity contribution in [3.8, 4) is 5.75 Å². The molecule has 0 spiro atoms. The fourth-order valence-corrected chi connectivity index (χ4v) is 4.41. The van der Waals surface area contributed by atoms with Crippen molar-refractivity contribution in [1.82, 2.24) is 14.5 Å². The molecule has 0 atom stereocenters. The number of nitrogens with zero attached hydrogens (tertiary/aromatic N) is 3. The minimum Gasteiger partial charge on any atom is -0.489 e. The topological polar surface area (TPSA) is 66.2 Å². The van der Waals surface area contributed by atoms with Gasteiger partial charge in [-0.25, -0.2) is 9.78 Å². The number of hydrogen-bond donors (Lipinski definition) is 0. The maximum Gasteiger partial charge on any atom is 0.338 e. The van der Waals surface area contributed by atoms with E-state index >= 15 is 0 Å². The van der Waals surface area contributed by atoms with Gasteiger partial charge in [-0.15, -0.1) is 0 Å². The Balaban J connectivity index is 1.66. The fourth-order valence-electron chi connectivity index (χ4n) is 3.97. The van der Waals surface area contributed by atoms with Gasteiger partial charge in [0.05, 0.1) is 45.5 Å². The van der Waals surface area contributed by atoms with Crippen molar-refractivity contribution in [2.45, 2.75) is 40.8 Å². The lowest BCUT2D eigenvalue weighted by molar-refractivity contribution is 0.0522. The zero-order chi connectivity index (χ0) is 24.4. The number of benzene rings is 2. The molecule has 2 aromatic heterocycles. The van der Waals surface area contributed by atoms with Gasteiger partial charge in [-0.1, -0.05) is 41.4 Å². The van der Waals surface area contributed by atoms with Crippen LogP contribution in [0, 0.1) is 20.8 Å². The van der Waals surface area contributed by atoms with Crippen molar-refractivity contribution in [3.63, 3.8) is 0 Å². The van der Waals surface area contributed by atoms with Gasteiger partial charge in [0, 0.05) is 17.8 Å². The molecule has 0 unspecified atom stereocenters. The molecule has 0 aliphatic rings. The van der Waals surface area contributed by atoms with Gasteiger partial charge < -0.3 is 14.0 Å². The molecule has 34 heavy (non-hydrogen) atoms. The first-order valence-electron chi connectivity index (χ1n) is 10.9. The number of esters is 1. The van der Waals surface area contributed by atoms with E-state index in [0.717, 1.165) is 33.5 Å². The van der Waals surface area contributed by atoms with E-state index in [1.54, 1.807) is 19.2 Å². The third kappa shape index (κ3) is 4.88. The van der Waals surface area contributed by atoms with E-state index in [1.165, 1.54) is 0 Å². The molecule has 0 amide bonds. The summed E-state index contributed by atoms with van der Waals surface area (Å²) in [4.78, 5) is 21.6. The number of pyridine rings is 1. The Hall–Kier alpha value is -3.09. The van der Waals surface area contributed by atoms with Crippen molar-refractivity contribution in [2.75, 3.05) is 6.61 Å². The molecular formula is C26H25Cl2N3O3. The van der Waals surface area contributed by atoms with Crippen LogP contribution in [0.3, 0.4) is 0 Å². The van der Waals surface area contributed by atoms with Gasteiger partial charge in [0.1, 0.15) is 18.2 Å². The van der Waals surface area contributed by atoms with Crippen LogP contribution in [0.2, 0.25) is 10.0 Å². The number of rotatable bonds is 7. The summed E-state index contributed by atoms with van der Waals surface area (Å²) in [5.74, 6) is 1.18. The summed E-state index contributed by atoms with van der Waals surface area (Å²) in [5, 5.41) is 0.995. The molecule has 0 bridgehead atoms. The Morgan fingerprint density at radius 3 is 2.62 bits per heavy atom. The molecule has 0 aliphatic carbocycles. The maximum atomic E-state index is 12.5. The van der Waals surface area contributed by atoms with Crippen LogP contribution in [0.5, 0.6) is 5.75 Å². The molecule has 0 aliphatic heterocycles. The molecule has 4 aromatic rings. The van der Waals surface area contributed by atoms with Crippen LogP contribution < -0.4 is 4.74 Å². The minimum atomic E-state index is -0.341. The number of ether oxygens (including phenoxy) is 2. The van der Waals surface area contributed by atoms with Crippen molar-refractivity contribution in [2.24, 2.45) is 0 Å². The van der Waals surface area contributed by atoms with E-state index < -0.39 is 0 Å². The zero-order valence-electron chi connectivity index (χ0n) is 19.5. The molecule has 0 fully saturated rings. The zero-order valence-corrected chi connectivity index (χ0v) is 21.0. The maximum absolute atomic E-state index is 12.5. The summed E-state index contributed by atoms with van der Waals surface area (Å²) in [5.41, 5.74) is 5.67. The molecule has 4 rings (SSSR count). The monoisotopic (exact) mass is 497 g/mol. The van der Waals surface area contributed by atoms with Crippen molar-refractivity contribution in [3.05, 3.63) is 86.4 Å². The van der Waals surface area contributed by atoms with Crippen LogP contribution >= 0.6 is 23.2 Å². The fraction of sp³-hybridized carbons (Fsp3) is 0.269. The number of hydrogen-bond acceptors (Lipinski definition) is 5. The van der Waals surface area contributed by atoms with Crippen molar-refractivity contribution in [1.29, 1.82) is 0 Å². The van der Waals surface area contributed by atoms with Gasteiger partial charge in [-0.3, -0.25) is 4.98 Å². The third-order valence-corrected chi connectivity index (χ3v) is 6.17. The summed E-state index contributed by atoms with van der Waals surface area (Å²) in [6.45, 7) is 8.63. The molecular weight excluding hydrogens is 473 g/mol. The smallest absolute Gasteiger partial charge is 0.338 e. The number of halogens is 2. The Bertz CT molecular complexity index is 1380. The SMILES string of the molecule is CCOC(=O)c1c(C)cccc1COc1cc(C)c2nc(C)n(Cc3ncc(Cl)cc3Cl)c2c1. The van der Waals surface area contributed by atoms with E-state index in [9.17, 15) is 4.79 Å². The highest BCUT2D eigenvalue weighted by molar-refractivity contribution is 6.34. The second-order valence-electron chi connectivity index (χ2n) is 8.05. The second kappa shape index (κ2) is 10.0. The molecule has 0 radical (unpaired) electrons. The lowest BCUT2D eigenvalue weighted by atomic mass is 10.0. The van der Waals surface area contributed by atoms with Gasteiger partial charge in [-0.05, 0) is 51.0 Å². The van der Waals surface area contributed by atoms with E-state index in [-0.39, 0.29) is 12.6 Å². The lowest BCUT2D eigenvalue weighted by Gasteiger charge is -2.14. The Labute approximate surface area is 208 Å². The van der Waals surface area contributed by atoms with Crippen LogP contribution in [0.25, 0.3) is 11.0 Å². The van der Waals surface area contributed by atoms with E-state index in [0.29, 0.717) is 40.2 Å². The van der Waals surface area contributed by atoms with Crippen molar-refractivity contribution < 1.29 is 14.3 Å². The number of carbonyl (C=O) groups excluding carboxylic acids is 1. The Morgan fingerprint density at radius 2 is 1.88 bits per heavy atom. The van der Waals surface area contributed by atoms with Gasteiger partial charge in [0.2, 0.25) is 0 Å². The average Bonchev–Trinajstić information content (AvgIpc) is 3.10. The number of aromatic nitrogens is 3. The van der Waals surface area contributed by atoms with Crippen LogP contribution in [0.4, 0.5) is 0 Å². The molecule has 2 heterocycles. The van der Waals surface area contributed by atoms with Gasteiger partial charge in [0.25, 0.3) is 0 Å². The Kier molecular flexibility index (Phi) is 7.10. The predicted molar refractivity (Wildman–Crippen MR) is 134 cm³/mol. The lowest BCUT2D eigenvalue weighted by Crippen LogP contribution is -2.12. The quantitative estimate of drug-likeness (QED) is 0.274. The molecule has 6 nitrogen and oxygen atoms in total. The summed E-state index contributed by atoms with van der Waals surface area (Å²) in [6, 6.07) is 11.3. The average molecular weight is 498 g/mol. The first-order chi connectivity index (χ1) is 16.3. The van der Waals surface area contributed by atoms with Crippen LogP contribution in [0.1, 0.15) is 45.5 Å². The molecule has 2 aromatic carbocycles. The van der Waals surface area contributed by atoms with Crippen LogP contribution in [-0.2, 0) is 17.9 Å². The molecule has 0 saturated carbocycles. The van der Waals surface area contributed by atoms with E-state index in [4.69, 9.17) is 37.7 Å². The van der Waals surface area contributed by atoms with Crippen LogP contribution in [-0.4, -0.2) is 27.1 Å². The van der Waals surface area contributed by atoms with Gasteiger partial charge >= 0.3 is 5.97 Å².